The summed E-state index contributed by atoms with van der Waals surface area (Å²) in [4.78, 5) is 44.0. The number of benzene rings is 2. The zero-order chi connectivity index (χ0) is 23.4. The molecule has 0 spiro atoms. The van der Waals surface area contributed by atoms with E-state index in [9.17, 15) is 14.4 Å². The highest BCUT2D eigenvalue weighted by atomic mass is 32.1. The minimum absolute atomic E-state index is 0.0358. The second kappa shape index (κ2) is 9.80. The highest BCUT2D eigenvalue weighted by Gasteiger charge is 2.29. The Bertz CT molecular complexity index is 1160. The van der Waals surface area contributed by atoms with E-state index in [0.29, 0.717) is 10.7 Å². The molecule has 3 aromatic rings. The molecule has 1 heterocycles. The Hall–Kier alpha value is -3.76. The number of aliphatic carboxylic acids is 1. The molecule has 10 heteroatoms. The fourth-order valence-electron chi connectivity index (χ4n) is 3.75. The predicted molar refractivity (Wildman–Crippen MR) is 120 cm³/mol. The van der Waals surface area contributed by atoms with Crippen LogP contribution in [0, 0.1) is 6.92 Å². The highest BCUT2D eigenvalue weighted by Crippen LogP contribution is 2.44. The summed E-state index contributed by atoms with van der Waals surface area (Å²) in [6.45, 7) is 1.27. The molecule has 0 bridgehead atoms. The van der Waals surface area contributed by atoms with Gasteiger partial charge in [0.1, 0.15) is 16.5 Å². The van der Waals surface area contributed by atoms with E-state index in [4.69, 9.17) is 9.84 Å². The first-order valence-corrected chi connectivity index (χ1v) is 10.9. The minimum Gasteiger partial charge on any atom is -0.479 e. The average molecular weight is 468 g/mol. The fourth-order valence-corrected chi connectivity index (χ4v) is 4.64. The largest absolute Gasteiger partial charge is 0.479 e. The zero-order valence-electron chi connectivity index (χ0n) is 17.7. The van der Waals surface area contributed by atoms with E-state index < -0.39 is 24.6 Å². The van der Waals surface area contributed by atoms with Gasteiger partial charge in [0.05, 0.1) is 12.2 Å². The molecule has 1 aromatic heterocycles. The van der Waals surface area contributed by atoms with Crippen LogP contribution in [-0.4, -0.2) is 41.3 Å². The van der Waals surface area contributed by atoms with Crippen LogP contribution in [0.2, 0.25) is 0 Å². The maximum atomic E-state index is 12.3. The van der Waals surface area contributed by atoms with Crippen molar-refractivity contribution in [3.05, 3.63) is 75.2 Å². The lowest BCUT2D eigenvalue weighted by Gasteiger charge is -2.14. The van der Waals surface area contributed by atoms with E-state index in [1.165, 1.54) is 0 Å². The van der Waals surface area contributed by atoms with E-state index in [2.05, 4.69) is 32.8 Å². The van der Waals surface area contributed by atoms with Gasteiger partial charge in [-0.05, 0) is 29.2 Å². The number of hydroxylamine groups is 1. The number of hydrogen-bond donors (Lipinski definition) is 3. The summed E-state index contributed by atoms with van der Waals surface area (Å²) in [5.74, 6) is -1.84. The first-order chi connectivity index (χ1) is 15.9. The van der Waals surface area contributed by atoms with Gasteiger partial charge in [-0.3, -0.25) is 9.63 Å². The number of thiazole rings is 1. The number of fused-ring (bicyclic) bond motifs is 3. The van der Waals surface area contributed by atoms with E-state index >= 15 is 0 Å². The summed E-state index contributed by atoms with van der Waals surface area (Å²) in [7, 11) is 0. The fraction of sp³-hybridized carbons (Fsp3) is 0.217. The van der Waals surface area contributed by atoms with Crippen LogP contribution in [0.4, 0.5) is 4.79 Å². The van der Waals surface area contributed by atoms with E-state index in [-0.39, 0.29) is 23.9 Å². The number of nitrogens with one attached hydrogen (secondary N) is 2. The number of carboxylic acids is 1. The number of alkyl carbamates (subject to hydrolysis) is 1. The molecule has 0 saturated carbocycles. The summed E-state index contributed by atoms with van der Waals surface area (Å²) in [5, 5.41) is 11.7. The summed E-state index contributed by atoms with van der Waals surface area (Å²) in [5.41, 5.74) is 7.06. The normalized spacial score (nSPS) is 12.0. The Labute approximate surface area is 193 Å². The standard InChI is InChI=1S/C23H21N3O6S/c1-13-21(22(29)26-32-12-20(27)28)33-19(25-13)10-24-23(30)31-11-18-16-8-4-2-6-14(16)15-7-3-5-9-17(15)18/h2-9,18H,10-12H2,1H3,(H,24,30)(H,26,29)(H,27,28). The van der Waals surface area contributed by atoms with Crippen molar-refractivity contribution in [3.8, 4) is 11.1 Å². The molecule has 1 aliphatic rings. The van der Waals surface area contributed by atoms with Gasteiger partial charge in [-0.15, -0.1) is 11.3 Å². The average Bonchev–Trinajstić information content (AvgIpc) is 3.33. The molecule has 0 fully saturated rings. The molecule has 2 aromatic carbocycles. The predicted octanol–water partition coefficient (Wildman–Crippen LogP) is 3.24. The second-order valence-electron chi connectivity index (χ2n) is 7.31. The highest BCUT2D eigenvalue weighted by molar-refractivity contribution is 7.13. The first kappa shape index (κ1) is 22.4. The molecule has 9 nitrogen and oxygen atoms in total. The van der Waals surface area contributed by atoms with Crippen LogP contribution in [0.3, 0.4) is 0 Å². The number of rotatable bonds is 8. The van der Waals surface area contributed by atoms with E-state index in [1.54, 1.807) is 6.92 Å². The van der Waals surface area contributed by atoms with Gasteiger partial charge in [0.2, 0.25) is 0 Å². The van der Waals surface area contributed by atoms with Crippen LogP contribution in [0.1, 0.15) is 37.4 Å². The topological polar surface area (TPSA) is 127 Å². The third kappa shape index (κ3) is 5.02. The van der Waals surface area contributed by atoms with E-state index in [0.717, 1.165) is 33.6 Å². The summed E-state index contributed by atoms with van der Waals surface area (Å²) < 4.78 is 5.49. The Kier molecular flexibility index (Phi) is 6.66. The number of carbonyl (C=O) groups excluding carboxylic acids is 2. The number of carbonyl (C=O) groups is 3. The smallest absolute Gasteiger partial charge is 0.407 e. The number of amides is 2. The Morgan fingerprint density at radius 1 is 1.06 bits per heavy atom. The van der Waals surface area contributed by atoms with Gasteiger partial charge in [0.25, 0.3) is 5.91 Å². The summed E-state index contributed by atoms with van der Waals surface area (Å²) >= 11 is 1.07. The molecule has 0 atom stereocenters. The van der Waals surface area contributed by atoms with Crippen LogP contribution in [0.15, 0.2) is 48.5 Å². The van der Waals surface area contributed by atoms with Crippen molar-refractivity contribution in [2.45, 2.75) is 19.4 Å². The molecule has 0 aliphatic heterocycles. The lowest BCUT2D eigenvalue weighted by Crippen LogP contribution is -2.26. The monoisotopic (exact) mass is 467 g/mol. The van der Waals surface area contributed by atoms with Gasteiger partial charge in [0.15, 0.2) is 6.61 Å². The summed E-state index contributed by atoms with van der Waals surface area (Å²) in [6, 6.07) is 16.2. The third-order valence-corrected chi connectivity index (χ3v) is 6.29. The molecule has 0 radical (unpaired) electrons. The molecular weight excluding hydrogens is 446 g/mol. The lowest BCUT2D eigenvalue weighted by atomic mass is 9.98. The number of aromatic nitrogens is 1. The molecule has 0 saturated heterocycles. The van der Waals surface area contributed by atoms with Crippen molar-refractivity contribution in [2.75, 3.05) is 13.2 Å². The number of hydrogen-bond acceptors (Lipinski definition) is 7. The van der Waals surface area contributed by atoms with Crippen molar-refractivity contribution in [1.82, 2.24) is 15.8 Å². The van der Waals surface area contributed by atoms with Crippen LogP contribution in [0.5, 0.6) is 0 Å². The van der Waals surface area contributed by atoms with Gasteiger partial charge in [0, 0.05) is 5.92 Å². The van der Waals surface area contributed by atoms with Crippen molar-refractivity contribution in [1.29, 1.82) is 0 Å². The number of aryl methyl sites for hydroxylation is 1. The van der Waals surface area contributed by atoms with Gasteiger partial charge in [-0.25, -0.2) is 20.1 Å². The SMILES string of the molecule is Cc1nc(CNC(=O)OCC2c3ccccc3-c3ccccc32)sc1C(=O)NOCC(=O)O. The van der Waals surface area contributed by atoms with Gasteiger partial charge in [-0.2, -0.15) is 0 Å². The van der Waals surface area contributed by atoms with Crippen molar-refractivity contribution >= 4 is 29.3 Å². The van der Waals surface area contributed by atoms with Crippen LogP contribution in [-0.2, 0) is 20.9 Å². The molecular formula is C23H21N3O6S. The number of ether oxygens (including phenoxy) is 1. The van der Waals surface area contributed by atoms with Gasteiger partial charge < -0.3 is 15.2 Å². The van der Waals surface area contributed by atoms with Gasteiger partial charge in [-0.1, -0.05) is 48.5 Å². The Morgan fingerprint density at radius 2 is 1.70 bits per heavy atom. The molecule has 4 rings (SSSR count). The molecule has 1 aliphatic carbocycles. The molecule has 3 N–H and O–H groups in total. The Morgan fingerprint density at radius 3 is 2.33 bits per heavy atom. The van der Waals surface area contributed by atoms with Crippen molar-refractivity contribution < 1.29 is 29.1 Å². The molecule has 0 unspecified atom stereocenters. The zero-order valence-corrected chi connectivity index (χ0v) is 18.5. The number of carboxylic acid groups (broad SMARTS) is 1. The minimum atomic E-state index is -1.20. The van der Waals surface area contributed by atoms with Crippen LogP contribution < -0.4 is 10.8 Å². The van der Waals surface area contributed by atoms with Crippen LogP contribution >= 0.6 is 11.3 Å². The Balaban J connectivity index is 1.32. The second-order valence-corrected chi connectivity index (χ2v) is 8.40. The van der Waals surface area contributed by atoms with Crippen molar-refractivity contribution in [2.24, 2.45) is 0 Å². The molecule has 170 valence electrons. The summed E-state index contributed by atoms with van der Waals surface area (Å²) in [6.07, 6.45) is -0.583. The quantitative estimate of drug-likeness (QED) is 0.434. The van der Waals surface area contributed by atoms with Crippen molar-refractivity contribution in [3.63, 3.8) is 0 Å². The maximum Gasteiger partial charge on any atom is 0.407 e. The molecule has 2 amide bonds. The first-order valence-electron chi connectivity index (χ1n) is 10.1. The third-order valence-electron chi connectivity index (χ3n) is 5.14. The van der Waals surface area contributed by atoms with Crippen LogP contribution in [0.25, 0.3) is 11.1 Å². The van der Waals surface area contributed by atoms with Gasteiger partial charge >= 0.3 is 12.1 Å². The molecule has 33 heavy (non-hydrogen) atoms. The van der Waals surface area contributed by atoms with E-state index in [1.807, 2.05) is 36.4 Å². The lowest BCUT2D eigenvalue weighted by molar-refractivity contribution is -0.144. The number of nitrogens with zero attached hydrogens (tertiary/aromatic N) is 1. The maximum absolute atomic E-state index is 12.3.